The number of hydrogen-bond acceptors (Lipinski definition) is 1. The van der Waals surface area contributed by atoms with E-state index in [1.54, 1.807) is 0 Å². The topological polar surface area (TPSA) is 24.6 Å². The van der Waals surface area contributed by atoms with E-state index < -0.39 is 6.10 Å². The molecule has 68 valence electrons. The molecule has 0 amide bonds. The van der Waals surface area contributed by atoms with Gasteiger partial charge in [0.05, 0.1) is 0 Å². The fourth-order valence-electron chi connectivity index (χ4n) is 1.53. The lowest BCUT2D eigenvalue weighted by molar-refractivity contribution is 0.194. The zero-order valence-electron chi connectivity index (χ0n) is 7.91. The van der Waals surface area contributed by atoms with E-state index in [0.29, 0.717) is 0 Å². The van der Waals surface area contributed by atoms with Gasteiger partial charge in [0, 0.05) is 0 Å². The molecule has 1 aromatic rings. The van der Waals surface area contributed by atoms with Crippen LogP contribution in [0.5, 0.6) is 0 Å². The van der Waals surface area contributed by atoms with Crippen molar-refractivity contribution in [3.8, 4) is 0 Å². The maximum atomic E-state index is 9.67. The van der Waals surface area contributed by atoms with Crippen molar-refractivity contribution in [3.63, 3.8) is 0 Å². The first kappa shape index (κ1) is 9.76. The third-order valence-corrected chi connectivity index (χ3v) is 2.14. The molecule has 0 spiro atoms. The van der Waals surface area contributed by atoms with Crippen molar-refractivity contribution >= 4 is 0 Å². The molecule has 2 heteroatoms. The average molecular weight is 175 g/mol. The molecule has 13 heavy (non-hydrogen) atoms. The van der Waals surface area contributed by atoms with Crippen LogP contribution in [0.2, 0.25) is 0 Å². The van der Waals surface area contributed by atoms with Crippen LogP contribution in [-0.2, 0) is 0 Å². The molecular weight excluding hydrogens is 162 g/mol. The number of nitrogens with zero attached hydrogens (tertiary/aromatic N) is 1. The zero-order chi connectivity index (χ0) is 9.84. The molecule has 0 bridgehead atoms. The Balaban J connectivity index is 3.06. The van der Waals surface area contributed by atoms with E-state index in [4.69, 9.17) is 6.57 Å². The Hall–Kier alpha value is -1.33. The lowest BCUT2D eigenvalue weighted by Crippen LogP contribution is -2.04. The first-order valence-corrected chi connectivity index (χ1v) is 4.24. The summed E-state index contributed by atoms with van der Waals surface area (Å²) < 4.78 is 0. The number of aryl methyl sites for hydroxylation is 2. The van der Waals surface area contributed by atoms with Gasteiger partial charge in [-0.1, -0.05) is 18.2 Å². The summed E-state index contributed by atoms with van der Waals surface area (Å²) in [7, 11) is 0. The van der Waals surface area contributed by atoms with Crippen LogP contribution >= 0.6 is 0 Å². The molecule has 1 N–H and O–H groups in total. The Morgan fingerprint density at radius 3 is 2.38 bits per heavy atom. The summed E-state index contributed by atoms with van der Waals surface area (Å²) >= 11 is 0. The van der Waals surface area contributed by atoms with Crippen LogP contribution in [0.25, 0.3) is 4.85 Å². The quantitative estimate of drug-likeness (QED) is 0.685. The van der Waals surface area contributed by atoms with Gasteiger partial charge in [0.2, 0.25) is 6.54 Å². The van der Waals surface area contributed by atoms with E-state index in [1.807, 2.05) is 32.0 Å². The van der Waals surface area contributed by atoms with Crippen molar-refractivity contribution in [3.05, 3.63) is 46.3 Å². The number of rotatable bonds is 2. The van der Waals surface area contributed by atoms with Crippen LogP contribution in [-0.4, -0.2) is 11.7 Å². The highest BCUT2D eigenvalue weighted by molar-refractivity contribution is 5.35. The molecule has 0 saturated carbocycles. The molecular formula is C11H13NO. The van der Waals surface area contributed by atoms with Crippen molar-refractivity contribution in [2.45, 2.75) is 20.0 Å². The third kappa shape index (κ3) is 2.07. The van der Waals surface area contributed by atoms with E-state index in [2.05, 4.69) is 4.85 Å². The second kappa shape index (κ2) is 4.06. The first-order valence-electron chi connectivity index (χ1n) is 4.24. The molecule has 2 nitrogen and oxygen atoms in total. The van der Waals surface area contributed by atoms with Gasteiger partial charge in [-0.15, -0.1) is 0 Å². The number of aliphatic hydroxyl groups excluding tert-OH is 1. The molecule has 0 aliphatic rings. The van der Waals surface area contributed by atoms with E-state index >= 15 is 0 Å². The van der Waals surface area contributed by atoms with Crippen LogP contribution in [0.4, 0.5) is 0 Å². The van der Waals surface area contributed by atoms with Gasteiger partial charge in [-0.05, 0) is 30.5 Å². The predicted octanol–water partition coefficient (Wildman–Crippen LogP) is 2.26. The molecule has 1 atom stereocenters. The average Bonchev–Trinajstić information content (AvgIpc) is 2.04. The second-order valence-electron chi connectivity index (χ2n) is 3.16. The van der Waals surface area contributed by atoms with Crippen molar-refractivity contribution in [1.82, 2.24) is 0 Å². The summed E-state index contributed by atoms with van der Waals surface area (Å²) in [6, 6.07) is 5.86. The maximum Gasteiger partial charge on any atom is 0.244 e. The van der Waals surface area contributed by atoms with Gasteiger partial charge in [-0.2, -0.15) is 0 Å². The van der Waals surface area contributed by atoms with Gasteiger partial charge in [0.25, 0.3) is 0 Å². The summed E-state index contributed by atoms with van der Waals surface area (Å²) in [5.74, 6) is 0. The highest BCUT2D eigenvalue weighted by Crippen LogP contribution is 2.21. The molecule has 0 heterocycles. The van der Waals surface area contributed by atoms with E-state index in [-0.39, 0.29) is 6.54 Å². The van der Waals surface area contributed by atoms with Crippen molar-refractivity contribution in [2.24, 2.45) is 0 Å². The van der Waals surface area contributed by atoms with Crippen molar-refractivity contribution in [1.29, 1.82) is 0 Å². The van der Waals surface area contributed by atoms with Crippen LogP contribution in [0.15, 0.2) is 18.2 Å². The van der Waals surface area contributed by atoms with Gasteiger partial charge in [0.1, 0.15) is 0 Å². The molecule has 0 aliphatic heterocycles. The second-order valence-corrected chi connectivity index (χ2v) is 3.16. The lowest BCUT2D eigenvalue weighted by Gasteiger charge is -2.11. The first-order chi connectivity index (χ1) is 6.16. The Bertz CT molecular complexity index is 318. The Labute approximate surface area is 78.7 Å². The smallest absolute Gasteiger partial charge is 0.244 e. The fourth-order valence-corrected chi connectivity index (χ4v) is 1.53. The Morgan fingerprint density at radius 1 is 1.38 bits per heavy atom. The summed E-state index contributed by atoms with van der Waals surface area (Å²) in [6.07, 6.45) is -0.640. The summed E-state index contributed by atoms with van der Waals surface area (Å²) in [6.45, 7) is 10.7. The van der Waals surface area contributed by atoms with Gasteiger partial charge in [0.15, 0.2) is 6.10 Å². The van der Waals surface area contributed by atoms with Crippen LogP contribution in [0.3, 0.4) is 0 Å². The van der Waals surface area contributed by atoms with Crippen LogP contribution < -0.4 is 0 Å². The maximum absolute atomic E-state index is 9.67. The molecule has 0 saturated heterocycles. The zero-order valence-corrected chi connectivity index (χ0v) is 7.91. The van der Waals surface area contributed by atoms with Gasteiger partial charge < -0.3 is 9.95 Å². The molecule has 0 fully saturated rings. The standard InChI is InChI=1S/C11H13NO/c1-8-5-4-6-9(2)11(8)10(13)7-12-3/h4-6,10,13H,7H2,1-2H3. The molecule has 0 aliphatic carbocycles. The predicted molar refractivity (Wildman–Crippen MR) is 52.3 cm³/mol. The minimum Gasteiger partial charge on any atom is -0.381 e. The van der Waals surface area contributed by atoms with Gasteiger partial charge in [-0.3, -0.25) is 0 Å². The SMILES string of the molecule is [C-]#[N+]CC(O)c1c(C)cccc1C. The minimum absolute atomic E-state index is 0.145. The van der Waals surface area contributed by atoms with E-state index in [9.17, 15) is 5.11 Å². The molecule has 1 unspecified atom stereocenters. The normalized spacial score (nSPS) is 12.2. The summed E-state index contributed by atoms with van der Waals surface area (Å²) in [5, 5.41) is 9.67. The Morgan fingerprint density at radius 2 is 1.92 bits per heavy atom. The van der Waals surface area contributed by atoms with Crippen LogP contribution in [0, 0.1) is 20.4 Å². The number of benzene rings is 1. The van der Waals surface area contributed by atoms with Crippen molar-refractivity contribution < 1.29 is 5.11 Å². The van der Waals surface area contributed by atoms with Gasteiger partial charge in [-0.25, -0.2) is 6.57 Å². The fraction of sp³-hybridized carbons (Fsp3) is 0.364. The summed E-state index contributed by atoms with van der Waals surface area (Å²) in [5.41, 5.74) is 3.01. The largest absolute Gasteiger partial charge is 0.381 e. The summed E-state index contributed by atoms with van der Waals surface area (Å²) in [4.78, 5) is 3.19. The number of hydrogen-bond donors (Lipinski definition) is 1. The highest BCUT2D eigenvalue weighted by Gasteiger charge is 2.14. The monoisotopic (exact) mass is 175 g/mol. The van der Waals surface area contributed by atoms with Gasteiger partial charge >= 0.3 is 0 Å². The van der Waals surface area contributed by atoms with E-state index in [1.165, 1.54) is 0 Å². The Kier molecular flexibility index (Phi) is 3.05. The minimum atomic E-state index is -0.640. The van der Waals surface area contributed by atoms with E-state index in [0.717, 1.165) is 16.7 Å². The highest BCUT2D eigenvalue weighted by atomic mass is 16.3. The van der Waals surface area contributed by atoms with Crippen molar-refractivity contribution in [2.75, 3.05) is 6.54 Å². The molecule has 0 aromatic heterocycles. The molecule has 0 radical (unpaired) electrons. The van der Waals surface area contributed by atoms with Crippen LogP contribution in [0.1, 0.15) is 22.8 Å². The molecule has 1 aromatic carbocycles. The number of aliphatic hydroxyl groups is 1. The third-order valence-electron chi connectivity index (χ3n) is 2.14. The molecule has 1 rings (SSSR count). The lowest BCUT2D eigenvalue weighted by atomic mass is 9.98.